The van der Waals surface area contributed by atoms with Crippen LogP contribution in [0.1, 0.15) is 28.9 Å². The number of nitrogens with zero attached hydrogens (tertiary/aromatic N) is 3. The molecule has 82 valence electrons. The van der Waals surface area contributed by atoms with Gasteiger partial charge in [-0.25, -0.2) is 9.78 Å². The molecule has 0 fully saturated rings. The van der Waals surface area contributed by atoms with Crippen molar-refractivity contribution in [2.75, 3.05) is 6.61 Å². The number of ether oxygens (including phenoxy) is 1. The highest BCUT2D eigenvalue weighted by Crippen LogP contribution is 2.21. The fraction of sp³-hybridized carbons (Fsp3) is 0.556. The number of imidazole rings is 1. The summed E-state index contributed by atoms with van der Waals surface area (Å²) in [4.78, 5) is 15.6. The van der Waals surface area contributed by atoms with Gasteiger partial charge in [-0.05, 0) is 6.92 Å². The van der Waals surface area contributed by atoms with Gasteiger partial charge in [-0.15, -0.1) is 0 Å². The van der Waals surface area contributed by atoms with E-state index in [0.717, 1.165) is 16.5 Å². The van der Waals surface area contributed by atoms with Gasteiger partial charge in [0.2, 0.25) is 5.82 Å². The predicted octanol–water partition coefficient (Wildman–Crippen LogP) is 0.302. The lowest BCUT2D eigenvalue weighted by molar-refractivity contribution is -0.0986. The molecule has 0 aliphatic carbocycles. The van der Waals surface area contributed by atoms with Crippen LogP contribution in [0.4, 0.5) is 0 Å². The summed E-state index contributed by atoms with van der Waals surface area (Å²) in [6.45, 7) is 2.85. The predicted molar refractivity (Wildman–Crippen MR) is 50.2 cm³/mol. The van der Waals surface area contributed by atoms with E-state index in [1.54, 1.807) is 18.5 Å². The van der Waals surface area contributed by atoms with Gasteiger partial charge < -0.3 is 14.5 Å². The van der Waals surface area contributed by atoms with Gasteiger partial charge in [0.25, 0.3) is 0 Å². The summed E-state index contributed by atoms with van der Waals surface area (Å²) >= 11 is 0. The monoisotopic (exact) mass is 211 g/mol. The molecule has 0 aromatic carbocycles. The molecule has 1 N–H and O–H groups in total. The zero-order chi connectivity index (χ0) is 11.0. The Bertz CT molecular complexity index is 400. The average Bonchev–Trinajstić information content (AvgIpc) is 2.66. The van der Waals surface area contributed by atoms with Gasteiger partial charge in [-0.3, -0.25) is 0 Å². The molecule has 0 atom stereocenters. The number of hydrogen-bond donors (Lipinski definition) is 1. The summed E-state index contributed by atoms with van der Waals surface area (Å²) in [5, 5.41) is 10.4. The number of hydrogen-bond acceptors (Lipinski definition) is 5. The van der Waals surface area contributed by atoms with Gasteiger partial charge in [-0.2, -0.15) is 5.06 Å². The maximum Gasteiger partial charge on any atom is 0.374 e. The first-order valence-corrected chi connectivity index (χ1v) is 4.79. The third-order valence-corrected chi connectivity index (χ3v) is 2.42. The average molecular weight is 211 g/mol. The molecule has 0 radical (unpaired) electrons. The summed E-state index contributed by atoms with van der Waals surface area (Å²) in [7, 11) is 1.75. The highest BCUT2D eigenvalue weighted by atomic mass is 16.5. The van der Waals surface area contributed by atoms with Crippen molar-refractivity contribution in [2.24, 2.45) is 7.05 Å². The standard InChI is InChI=1S/C9H13N3O3/c1-3-15-9(13)8-10-6-4-12(14)5-7(6)11(8)2/h14H,3-5H2,1-2H3. The van der Waals surface area contributed by atoms with Crippen LogP contribution in [0, 0.1) is 0 Å². The minimum absolute atomic E-state index is 0.301. The van der Waals surface area contributed by atoms with Crippen LogP contribution in [-0.2, 0) is 24.9 Å². The maximum atomic E-state index is 11.5. The van der Waals surface area contributed by atoms with Crippen molar-refractivity contribution in [3.63, 3.8) is 0 Å². The molecule has 15 heavy (non-hydrogen) atoms. The molecule has 2 rings (SSSR count). The molecular weight excluding hydrogens is 198 g/mol. The van der Waals surface area contributed by atoms with Gasteiger partial charge in [0, 0.05) is 7.05 Å². The Morgan fingerprint density at radius 2 is 2.33 bits per heavy atom. The second-order valence-corrected chi connectivity index (χ2v) is 3.43. The number of carbonyl (C=O) groups is 1. The van der Waals surface area contributed by atoms with Gasteiger partial charge in [0.15, 0.2) is 0 Å². The lowest BCUT2D eigenvalue weighted by Gasteiger charge is -2.06. The maximum absolute atomic E-state index is 11.5. The molecule has 1 aromatic heterocycles. The largest absolute Gasteiger partial charge is 0.460 e. The first-order valence-electron chi connectivity index (χ1n) is 4.79. The Labute approximate surface area is 87.0 Å². The van der Waals surface area contributed by atoms with Gasteiger partial charge in [0.1, 0.15) is 0 Å². The lowest BCUT2D eigenvalue weighted by atomic mass is 10.4. The summed E-state index contributed by atoms with van der Waals surface area (Å²) in [5.41, 5.74) is 1.60. The molecule has 1 aliphatic heterocycles. The number of esters is 1. The van der Waals surface area contributed by atoms with E-state index in [9.17, 15) is 10.0 Å². The van der Waals surface area contributed by atoms with E-state index >= 15 is 0 Å². The molecule has 1 aliphatic rings. The van der Waals surface area contributed by atoms with Gasteiger partial charge in [-0.1, -0.05) is 0 Å². The Hall–Kier alpha value is -1.40. The zero-order valence-electron chi connectivity index (χ0n) is 8.73. The van der Waals surface area contributed by atoms with Crippen molar-refractivity contribution in [3.05, 3.63) is 17.2 Å². The summed E-state index contributed by atoms with van der Waals surface area (Å²) < 4.78 is 6.54. The minimum Gasteiger partial charge on any atom is -0.460 e. The molecular formula is C9H13N3O3. The highest BCUT2D eigenvalue weighted by molar-refractivity contribution is 5.85. The Balaban J connectivity index is 2.30. The fourth-order valence-corrected chi connectivity index (χ4v) is 1.69. The van der Waals surface area contributed by atoms with E-state index in [4.69, 9.17) is 4.74 Å². The van der Waals surface area contributed by atoms with Crippen LogP contribution in [0.2, 0.25) is 0 Å². The Morgan fingerprint density at radius 1 is 1.60 bits per heavy atom. The molecule has 1 aromatic rings. The smallest absolute Gasteiger partial charge is 0.374 e. The molecule has 2 heterocycles. The van der Waals surface area contributed by atoms with Crippen LogP contribution >= 0.6 is 0 Å². The number of fused-ring (bicyclic) bond motifs is 1. The second-order valence-electron chi connectivity index (χ2n) is 3.43. The van der Waals surface area contributed by atoms with E-state index in [2.05, 4.69) is 4.98 Å². The fourth-order valence-electron chi connectivity index (χ4n) is 1.69. The van der Waals surface area contributed by atoms with E-state index in [0.29, 0.717) is 25.5 Å². The first kappa shape index (κ1) is 10.1. The molecule has 6 heteroatoms. The molecule has 0 unspecified atom stereocenters. The van der Waals surface area contributed by atoms with Crippen LogP contribution in [0.5, 0.6) is 0 Å². The number of hydroxylamine groups is 2. The van der Waals surface area contributed by atoms with Crippen molar-refractivity contribution < 1.29 is 14.7 Å². The highest BCUT2D eigenvalue weighted by Gasteiger charge is 2.27. The van der Waals surface area contributed by atoms with Crippen molar-refractivity contribution in [1.82, 2.24) is 14.6 Å². The quantitative estimate of drug-likeness (QED) is 0.713. The number of rotatable bonds is 2. The van der Waals surface area contributed by atoms with Crippen molar-refractivity contribution in [3.8, 4) is 0 Å². The van der Waals surface area contributed by atoms with Crippen molar-refractivity contribution in [2.45, 2.75) is 20.0 Å². The number of aromatic nitrogens is 2. The van der Waals surface area contributed by atoms with Gasteiger partial charge >= 0.3 is 5.97 Å². The zero-order valence-corrected chi connectivity index (χ0v) is 8.73. The van der Waals surface area contributed by atoms with E-state index in [-0.39, 0.29) is 0 Å². The Kier molecular flexibility index (Phi) is 2.45. The topological polar surface area (TPSA) is 67.6 Å². The molecule has 0 spiro atoms. The summed E-state index contributed by atoms with van der Waals surface area (Å²) in [6, 6.07) is 0. The Morgan fingerprint density at radius 3 is 2.93 bits per heavy atom. The molecule has 0 saturated heterocycles. The van der Waals surface area contributed by atoms with E-state index in [1.165, 1.54) is 0 Å². The van der Waals surface area contributed by atoms with Crippen molar-refractivity contribution in [1.29, 1.82) is 0 Å². The van der Waals surface area contributed by atoms with E-state index in [1.807, 2.05) is 0 Å². The van der Waals surface area contributed by atoms with Crippen LogP contribution in [0.25, 0.3) is 0 Å². The first-order chi connectivity index (χ1) is 7.13. The second kappa shape index (κ2) is 3.63. The molecule has 6 nitrogen and oxygen atoms in total. The minimum atomic E-state index is -0.418. The summed E-state index contributed by atoms with van der Waals surface area (Å²) in [6.07, 6.45) is 0. The molecule has 0 amide bonds. The third-order valence-electron chi connectivity index (χ3n) is 2.42. The lowest BCUT2D eigenvalue weighted by Crippen LogP contribution is -2.16. The SMILES string of the molecule is CCOC(=O)c1nc2c(n1C)CN(O)C2. The van der Waals surface area contributed by atoms with Crippen LogP contribution in [0.15, 0.2) is 0 Å². The number of carbonyl (C=O) groups excluding carboxylic acids is 1. The van der Waals surface area contributed by atoms with E-state index < -0.39 is 5.97 Å². The normalized spacial score (nSPS) is 15.4. The van der Waals surface area contributed by atoms with Crippen LogP contribution < -0.4 is 0 Å². The van der Waals surface area contributed by atoms with Crippen molar-refractivity contribution >= 4 is 5.97 Å². The van der Waals surface area contributed by atoms with Crippen LogP contribution in [0.3, 0.4) is 0 Å². The summed E-state index contributed by atoms with van der Waals surface area (Å²) in [5.74, 6) is -0.117. The molecule has 0 bridgehead atoms. The van der Waals surface area contributed by atoms with Crippen LogP contribution in [-0.4, -0.2) is 32.4 Å². The third kappa shape index (κ3) is 1.62. The van der Waals surface area contributed by atoms with Gasteiger partial charge in [0.05, 0.1) is 31.1 Å². The molecule has 0 saturated carbocycles.